The van der Waals surface area contributed by atoms with E-state index in [9.17, 15) is 9.59 Å². The molecule has 0 bridgehead atoms. The van der Waals surface area contributed by atoms with Gasteiger partial charge in [0.1, 0.15) is 6.29 Å². The number of pyridine rings is 1. The van der Waals surface area contributed by atoms with Gasteiger partial charge >= 0.3 is 0 Å². The largest absolute Gasteiger partial charge is 0.355 e. The highest BCUT2D eigenvalue weighted by atomic mass is 16.1. The number of carbonyl (C=O) groups is 2. The first-order chi connectivity index (χ1) is 10.2. The maximum atomic E-state index is 11.5. The van der Waals surface area contributed by atoms with Crippen molar-refractivity contribution in [1.29, 1.82) is 0 Å². The minimum absolute atomic E-state index is 0.121. The fourth-order valence-corrected chi connectivity index (χ4v) is 2.24. The van der Waals surface area contributed by atoms with Gasteiger partial charge in [0.05, 0.1) is 11.7 Å². The summed E-state index contributed by atoms with van der Waals surface area (Å²) in [5, 5.41) is 6.85. The van der Waals surface area contributed by atoms with Gasteiger partial charge in [-0.1, -0.05) is 12.1 Å². The van der Waals surface area contributed by atoms with Crippen LogP contribution in [0.1, 0.15) is 20.7 Å². The van der Waals surface area contributed by atoms with Gasteiger partial charge in [0.15, 0.2) is 0 Å². The molecule has 2 heterocycles. The number of amides is 1. The lowest BCUT2D eigenvalue weighted by atomic mass is 10.0. The van der Waals surface area contributed by atoms with Gasteiger partial charge in [0, 0.05) is 29.9 Å². The zero-order valence-corrected chi connectivity index (χ0v) is 11.4. The van der Waals surface area contributed by atoms with Crippen molar-refractivity contribution in [3.05, 3.63) is 59.9 Å². The van der Waals surface area contributed by atoms with Gasteiger partial charge in [-0.25, -0.2) is 4.52 Å². The van der Waals surface area contributed by atoms with Crippen molar-refractivity contribution >= 4 is 17.7 Å². The Kier molecular flexibility index (Phi) is 3.23. The summed E-state index contributed by atoms with van der Waals surface area (Å²) >= 11 is 0. The third-order valence-corrected chi connectivity index (χ3v) is 3.37. The first kappa shape index (κ1) is 13.1. The third kappa shape index (κ3) is 2.29. The van der Waals surface area contributed by atoms with Crippen LogP contribution in [0.4, 0.5) is 0 Å². The molecule has 0 aliphatic heterocycles. The van der Waals surface area contributed by atoms with Crippen LogP contribution in [0.5, 0.6) is 0 Å². The second kappa shape index (κ2) is 5.20. The number of hydrogen-bond donors (Lipinski definition) is 1. The summed E-state index contributed by atoms with van der Waals surface area (Å²) in [6.45, 7) is 0. The Balaban J connectivity index is 2.07. The van der Waals surface area contributed by atoms with Crippen molar-refractivity contribution in [1.82, 2.24) is 14.9 Å². The van der Waals surface area contributed by atoms with Crippen LogP contribution in [0, 0.1) is 0 Å². The topological polar surface area (TPSA) is 63.5 Å². The molecule has 0 spiro atoms. The Hall–Kier alpha value is -2.95. The van der Waals surface area contributed by atoms with Crippen molar-refractivity contribution < 1.29 is 9.59 Å². The van der Waals surface area contributed by atoms with E-state index < -0.39 is 0 Å². The molecule has 3 aromatic rings. The van der Waals surface area contributed by atoms with Gasteiger partial charge in [-0.3, -0.25) is 9.59 Å². The maximum Gasteiger partial charge on any atom is 0.251 e. The van der Waals surface area contributed by atoms with Crippen LogP contribution < -0.4 is 5.32 Å². The average Bonchev–Trinajstić information content (AvgIpc) is 2.97. The van der Waals surface area contributed by atoms with E-state index in [1.807, 2.05) is 12.1 Å². The average molecular weight is 279 g/mol. The minimum atomic E-state index is -0.121. The van der Waals surface area contributed by atoms with E-state index in [-0.39, 0.29) is 5.91 Å². The smallest absolute Gasteiger partial charge is 0.251 e. The quantitative estimate of drug-likeness (QED) is 0.747. The number of nitrogens with zero attached hydrogens (tertiary/aromatic N) is 2. The molecular weight excluding hydrogens is 266 g/mol. The van der Waals surface area contributed by atoms with Gasteiger partial charge in [0.25, 0.3) is 5.91 Å². The molecule has 3 rings (SSSR count). The molecule has 5 nitrogen and oxygen atoms in total. The zero-order valence-electron chi connectivity index (χ0n) is 11.4. The van der Waals surface area contributed by atoms with Crippen molar-refractivity contribution in [2.24, 2.45) is 0 Å². The Labute approximate surface area is 121 Å². The summed E-state index contributed by atoms with van der Waals surface area (Å²) in [6, 6.07) is 10.8. The molecule has 0 saturated carbocycles. The van der Waals surface area contributed by atoms with Crippen molar-refractivity contribution in [3.63, 3.8) is 0 Å². The van der Waals surface area contributed by atoms with E-state index in [1.54, 1.807) is 48.2 Å². The Morgan fingerprint density at radius 1 is 1.24 bits per heavy atom. The highest BCUT2D eigenvalue weighted by molar-refractivity contribution is 5.95. The lowest BCUT2D eigenvalue weighted by molar-refractivity contribution is 0.0962. The second-order valence-electron chi connectivity index (χ2n) is 4.62. The maximum absolute atomic E-state index is 11.5. The molecule has 0 unspecified atom stereocenters. The van der Waals surface area contributed by atoms with Crippen LogP contribution in [-0.2, 0) is 0 Å². The molecule has 0 fully saturated rings. The van der Waals surface area contributed by atoms with Gasteiger partial charge < -0.3 is 5.32 Å². The number of aromatic nitrogens is 2. The fraction of sp³-hybridized carbons (Fsp3) is 0.0625. The van der Waals surface area contributed by atoms with E-state index in [0.717, 1.165) is 22.9 Å². The van der Waals surface area contributed by atoms with E-state index in [2.05, 4.69) is 10.4 Å². The lowest BCUT2D eigenvalue weighted by Gasteiger charge is -2.03. The molecule has 0 radical (unpaired) electrons. The number of aldehydes is 1. The van der Waals surface area contributed by atoms with Crippen molar-refractivity contribution in [2.45, 2.75) is 0 Å². The second-order valence-corrected chi connectivity index (χ2v) is 4.62. The molecule has 0 saturated heterocycles. The molecular formula is C16H13N3O2. The predicted octanol–water partition coefficient (Wildman–Crippen LogP) is 2.17. The van der Waals surface area contributed by atoms with Crippen LogP contribution in [0.25, 0.3) is 16.6 Å². The molecule has 104 valence electrons. The number of benzene rings is 1. The van der Waals surface area contributed by atoms with Crippen LogP contribution in [0.3, 0.4) is 0 Å². The summed E-state index contributed by atoms with van der Waals surface area (Å²) in [4.78, 5) is 22.4. The van der Waals surface area contributed by atoms with Crippen LogP contribution in [0.2, 0.25) is 0 Å². The first-order valence-electron chi connectivity index (χ1n) is 6.48. The molecule has 1 N–H and O–H groups in total. The van der Waals surface area contributed by atoms with Crippen LogP contribution in [0.15, 0.2) is 48.8 Å². The van der Waals surface area contributed by atoms with Crippen LogP contribution in [-0.4, -0.2) is 28.9 Å². The third-order valence-electron chi connectivity index (χ3n) is 3.37. The van der Waals surface area contributed by atoms with E-state index in [4.69, 9.17) is 0 Å². The number of fused-ring (bicyclic) bond motifs is 1. The molecule has 2 aromatic heterocycles. The highest BCUT2D eigenvalue weighted by Gasteiger charge is 2.09. The molecule has 0 atom stereocenters. The monoisotopic (exact) mass is 279 g/mol. The van der Waals surface area contributed by atoms with Gasteiger partial charge in [-0.2, -0.15) is 5.10 Å². The summed E-state index contributed by atoms with van der Waals surface area (Å²) < 4.78 is 1.72. The van der Waals surface area contributed by atoms with Gasteiger partial charge in [-0.05, 0) is 29.8 Å². The Bertz CT molecular complexity index is 819. The predicted molar refractivity (Wildman–Crippen MR) is 79.4 cm³/mol. The Morgan fingerprint density at radius 3 is 2.67 bits per heavy atom. The van der Waals surface area contributed by atoms with Gasteiger partial charge in [0.2, 0.25) is 0 Å². The SMILES string of the molecule is CNC(=O)c1ccc(-c2cnn3ccc(C=O)cc23)cc1. The molecule has 0 aliphatic rings. The molecule has 1 amide bonds. The van der Waals surface area contributed by atoms with E-state index >= 15 is 0 Å². The molecule has 1 aromatic carbocycles. The number of hydrogen-bond acceptors (Lipinski definition) is 3. The number of nitrogens with one attached hydrogen (secondary N) is 1. The van der Waals surface area contributed by atoms with Crippen molar-refractivity contribution in [2.75, 3.05) is 7.05 Å². The normalized spacial score (nSPS) is 10.5. The first-order valence-corrected chi connectivity index (χ1v) is 6.48. The van der Waals surface area contributed by atoms with Crippen molar-refractivity contribution in [3.8, 4) is 11.1 Å². The molecule has 21 heavy (non-hydrogen) atoms. The van der Waals surface area contributed by atoms with E-state index in [0.29, 0.717) is 11.1 Å². The lowest BCUT2D eigenvalue weighted by Crippen LogP contribution is -2.17. The summed E-state index contributed by atoms with van der Waals surface area (Å²) in [6.07, 6.45) is 4.31. The summed E-state index contributed by atoms with van der Waals surface area (Å²) in [7, 11) is 1.60. The summed E-state index contributed by atoms with van der Waals surface area (Å²) in [5.41, 5.74) is 3.92. The highest BCUT2D eigenvalue weighted by Crippen LogP contribution is 2.25. The number of rotatable bonds is 3. The zero-order chi connectivity index (χ0) is 14.8. The summed E-state index contributed by atoms with van der Waals surface area (Å²) in [5.74, 6) is -0.121. The standard InChI is InChI=1S/C16H13N3O2/c1-17-16(21)13-4-2-12(3-5-13)14-9-18-19-7-6-11(10-20)8-15(14)19/h2-10H,1H3,(H,17,21). The van der Waals surface area contributed by atoms with Gasteiger partial charge in [-0.15, -0.1) is 0 Å². The Morgan fingerprint density at radius 2 is 2.00 bits per heavy atom. The minimum Gasteiger partial charge on any atom is -0.355 e. The van der Waals surface area contributed by atoms with Crippen LogP contribution >= 0.6 is 0 Å². The number of carbonyl (C=O) groups excluding carboxylic acids is 2. The fourth-order valence-electron chi connectivity index (χ4n) is 2.24. The molecule has 0 aliphatic carbocycles. The van der Waals surface area contributed by atoms with E-state index in [1.165, 1.54) is 0 Å². The molecule has 5 heteroatoms.